The lowest BCUT2D eigenvalue weighted by Gasteiger charge is -2.17. The minimum Gasteiger partial charge on any atom is -0.362 e. The molecule has 0 saturated heterocycles. The Morgan fingerprint density at radius 1 is 1.36 bits per heavy atom. The highest BCUT2D eigenvalue weighted by Crippen LogP contribution is 2.04. The summed E-state index contributed by atoms with van der Waals surface area (Å²) in [6.45, 7) is 4.50. The second-order valence-electron chi connectivity index (χ2n) is 2.86. The van der Waals surface area contributed by atoms with Crippen LogP contribution in [0.1, 0.15) is 19.8 Å². The van der Waals surface area contributed by atoms with Gasteiger partial charge in [-0.05, 0) is 6.42 Å². The van der Waals surface area contributed by atoms with E-state index in [1.54, 1.807) is 0 Å². The fourth-order valence-corrected chi connectivity index (χ4v) is 1.10. The number of hydrogen-bond donors (Lipinski definition) is 0. The van der Waals surface area contributed by atoms with Gasteiger partial charge in [0.1, 0.15) is 0 Å². The van der Waals surface area contributed by atoms with Crippen LogP contribution < -0.4 is 0 Å². The van der Waals surface area contributed by atoms with Crippen LogP contribution in [-0.4, -0.2) is 47.4 Å². The van der Waals surface area contributed by atoms with Crippen LogP contribution in [0.25, 0.3) is 0 Å². The van der Waals surface area contributed by atoms with Crippen LogP contribution in [0.2, 0.25) is 0 Å². The van der Waals surface area contributed by atoms with E-state index in [0.717, 1.165) is 6.67 Å². The van der Waals surface area contributed by atoms with Crippen molar-refractivity contribution in [3.63, 3.8) is 0 Å². The predicted octanol–water partition coefficient (Wildman–Crippen LogP) is 1.08. The molecular formula is C8H16AlN2. The van der Waals surface area contributed by atoms with Crippen molar-refractivity contribution in [2.24, 2.45) is 0 Å². The fraction of sp³-hybridized carbons (Fsp3) is 0.750. The third kappa shape index (κ3) is 3.69. The minimum atomic E-state index is 0. The normalized spacial score (nSPS) is 15.5. The first kappa shape index (κ1) is 10.9. The van der Waals surface area contributed by atoms with Gasteiger partial charge in [0.2, 0.25) is 0 Å². The molecule has 1 heterocycles. The van der Waals surface area contributed by atoms with Crippen LogP contribution >= 0.6 is 0 Å². The van der Waals surface area contributed by atoms with Crippen molar-refractivity contribution in [2.45, 2.75) is 19.8 Å². The Balaban J connectivity index is 0.000001000. The highest BCUT2D eigenvalue weighted by atomic mass is 27.0. The smallest absolute Gasteiger partial charge is 0.0890 e. The Labute approximate surface area is 80.0 Å². The maximum atomic E-state index is 2.34. The Morgan fingerprint density at radius 3 is 2.55 bits per heavy atom. The average molecular weight is 167 g/mol. The zero-order valence-electron chi connectivity index (χ0n) is 7.45. The van der Waals surface area contributed by atoms with E-state index in [4.69, 9.17) is 0 Å². The molecular weight excluding hydrogens is 151 g/mol. The lowest BCUT2D eigenvalue weighted by molar-refractivity contribution is 0.293. The molecule has 0 bridgehead atoms. The number of hydrogen-bond acceptors (Lipinski definition) is 2. The molecule has 1 aliphatic rings. The van der Waals surface area contributed by atoms with Gasteiger partial charge < -0.3 is 9.80 Å². The van der Waals surface area contributed by atoms with Crippen LogP contribution in [-0.2, 0) is 0 Å². The molecule has 11 heavy (non-hydrogen) atoms. The van der Waals surface area contributed by atoms with Crippen LogP contribution in [0.3, 0.4) is 0 Å². The molecule has 0 N–H and O–H groups in total. The summed E-state index contributed by atoms with van der Waals surface area (Å²) in [7, 11) is 2.10. The van der Waals surface area contributed by atoms with Crippen LogP contribution in [0, 0.1) is 0 Å². The zero-order valence-corrected chi connectivity index (χ0v) is 8.61. The van der Waals surface area contributed by atoms with Gasteiger partial charge in [-0.25, -0.2) is 0 Å². The van der Waals surface area contributed by atoms with Gasteiger partial charge in [0, 0.05) is 43.4 Å². The summed E-state index contributed by atoms with van der Waals surface area (Å²) >= 11 is 0. The van der Waals surface area contributed by atoms with Gasteiger partial charge >= 0.3 is 0 Å². The molecule has 3 radical (unpaired) electrons. The van der Waals surface area contributed by atoms with E-state index in [9.17, 15) is 0 Å². The Hall–Kier alpha value is -0.128. The molecule has 0 atom stereocenters. The topological polar surface area (TPSA) is 6.48 Å². The van der Waals surface area contributed by atoms with Gasteiger partial charge in [0.15, 0.2) is 0 Å². The van der Waals surface area contributed by atoms with Gasteiger partial charge in [-0.1, -0.05) is 13.3 Å². The summed E-state index contributed by atoms with van der Waals surface area (Å²) in [5, 5.41) is 0. The summed E-state index contributed by atoms with van der Waals surface area (Å²) in [6, 6.07) is 0. The molecule has 0 saturated carbocycles. The molecule has 1 aliphatic heterocycles. The molecule has 0 fully saturated rings. The summed E-state index contributed by atoms with van der Waals surface area (Å²) < 4.78 is 0. The van der Waals surface area contributed by atoms with Crippen LogP contribution in [0.15, 0.2) is 12.4 Å². The third-order valence-electron chi connectivity index (χ3n) is 1.74. The van der Waals surface area contributed by atoms with Crippen LogP contribution in [0.5, 0.6) is 0 Å². The predicted molar refractivity (Wildman–Crippen MR) is 49.1 cm³/mol. The first-order valence-corrected chi connectivity index (χ1v) is 3.95. The van der Waals surface area contributed by atoms with Crippen molar-refractivity contribution >= 4 is 17.4 Å². The molecule has 1 rings (SSSR count). The molecule has 3 heteroatoms. The number of rotatable bonds is 3. The molecule has 0 amide bonds. The molecule has 0 aromatic heterocycles. The first-order chi connectivity index (χ1) is 4.83. The molecule has 61 valence electrons. The number of nitrogens with zero attached hydrogens (tertiary/aromatic N) is 2. The van der Waals surface area contributed by atoms with E-state index >= 15 is 0 Å². The van der Waals surface area contributed by atoms with Crippen LogP contribution in [0.4, 0.5) is 0 Å². The second-order valence-corrected chi connectivity index (χ2v) is 2.86. The maximum absolute atomic E-state index is 2.34. The Morgan fingerprint density at radius 2 is 2.09 bits per heavy atom. The van der Waals surface area contributed by atoms with Crippen molar-refractivity contribution in [3.05, 3.63) is 12.4 Å². The quantitative estimate of drug-likeness (QED) is 0.580. The standard InChI is InChI=1S/C8H16N2.Al/c1-3-4-5-10-7-6-9(2)8-10;/h6-7H,3-5,8H2,1-2H3;. The molecule has 2 nitrogen and oxygen atoms in total. The molecule has 0 aromatic rings. The van der Waals surface area contributed by atoms with Gasteiger partial charge in [0.25, 0.3) is 0 Å². The Kier molecular flexibility index (Phi) is 5.45. The molecule has 0 aliphatic carbocycles. The highest BCUT2D eigenvalue weighted by molar-refractivity contribution is 5.75. The molecule has 0 spiro atoms. The van der Waals surface area contributed by atoms with E-state index in [2.05, 4.69) is 36.2 Å². The summed E-state index contributed by atoms with van der Waals surface area (Å²) in [5.74, 6) is 0. The largest absolute Gasteiger partial charge is 0.362 e. The minimum absolute atomic E-state index is 0. The lowest BCUT2D eigenvalue weighted by Crippen LogP contribution is -2.23. The Bertz CT molecular complexity index is 125. The van der Waals surface area contributed by atoms with Crippen molar-refractivity contribution in [3.8, 4) is 0 Å². The van der Waals surface area contributed by atoms with Crippen molar-refractivity contribution in [1.29, 1.82) is 0 Å². The second kappa shape index (κ2) is 5.51. The molecule has 0 unspecified atom stereocenters. The van der Waals surface area contributed by atoms with Crippen molar-refractivity contribution < 1.29 is 0 Å². The summed E-state index contributed by atoms with van der Waals surface area (Å²) in [6.07, 6.45) is 6.87. The molecule has 0 aromatic carbocycles. The van der Waals surface area contributed by atoms with Gasteiger partial charge in [-0.15, -0.1) is 0 Å². The lowest BCUT2D eigenvalue weighted by atomic mass is 10.3. The first-order valence-electron chi connectivity index (χ1n) is 3.95. The van der Waals surface area contributed by atoms with Gasteiger partial charge in [0.05, 0.1) is 6.67 Å². The van der Waals surface area contributed by atoms with Gasteiger partial charge in [-0.2, -0.15) is 0 Å². The summed E-state index contributed by atoms with van der Waals surface area (Å²) in [4.78, 5) is 4.53. The monoisotopic (exact) mass is 167 g/mol. The highest BCUT2D eigenvalue weighted by Gasteiger charge is 2.05. The fourth-order valence-electron chi connectivity index (χ4n) is 1.10. The van der Waals surface area contributed by atoms with E-state index in [0.29, 0.717) is 0 Å². The van der Waals surface area contributed by atoms with E-state index in [-0.39, 0.29) is 17.4 Å². The third-order valence-corrected chi connectivity index (χ3v) is 1.74. The van der Waals surface area contributed by atoms with E-state index in [1.807, 2.05) is 0 Å². The average Bonchev–Trinajstić information content (AvgIpc) is 2.31. The zero-order chi connectivity index (χ0) is 7.40. The van der Waals surface area contributed by atoms with Crippen molar-refractivity contribution in [2.75, 3.05) is 20.3 Å². The van der Waals surface area contributed by atoms with E-state index in [1.165, 1.54) is 19.4 Å². The SMILES string of the molecule is CCCCN1C=CN(C)C1.[Al]. The summed E-state index contributed by atoms with van der Waals surface area (Å²) in [5.41, 5.74) is 0. The number of unbranched alkanes of at least 4 members (excludes halogenated alkanes) is 1. The van der Waals surface area contributed by atoms with E-state index < -0.39 is 0 Å². The van der Waals surface area contributed by atoms with Crippen molar-refractivity contribution in [1.82, 2.24) is 9.80 Å². The van der Waals surface area contributed by atoms with Gasteiger partial charge in [-0.3, -0.25) is 0 Å². The maximum Gasteiger partial charge on any atom is 0.0890 e.